The molecule has 0 atom stereocenters. The van der Waals surface area contributed by atoms with Crippen LogP contribution in [0.1, 0.15) is 34.5 Å². The van der Waals surface area contributed by atoms with Gasteiger partial charge in [-0.2, -0.15) is 0 Å². The van der Waals surface area contributed by atoms with Gasteiger partial charge in [-0.15, -0.1) is 0 Å². The van der Waals surface area contributed by atoms with Gasteiger partial charge >= 0.3 is 0 Å². The molecule has 27 heavy (non-hydrogen) atoms. The monoisotopic (exact) mass is 374 g/mol. The predicted molar refractivity (Wildman–Crippen MR) is 93.5 cm³/mol. The quantitative estimate of drug-likeness (QED) is 0.825. The lowest BCUT2D eigenvalue weighted by Crippen LogP contribution is -2.37. The molecule has 2 aliphatic heterocycles. The lowest BCUT2D eigenvalue weighted by atomic mass is 10.0. The van der Waals surface area contributed by atoms with Crippen molar-refractivity contribution in [2.24, 2.45) is 0 Å². The van der Waals surface area contributed by atoms with Crippen molar-refractivity contribution in [3.8, 4) is 5.75 Å². The molecule has 0 N–H and O–H groups in total. The van der Waals surface area contributed by atoms with E-state index in [0.717, 1.165) is 11.8 Å². The minimum absolute atomic E-state index is 0.0214. The number of aromatic nitrogens is 1. The van der Waals surface area contributed by atoms with Crippen LogP contribution in [-0.2, 0) is 17.7 Å². The van der Waals surface area contributed by atoms with Crippen molar-refractivity contribution in [3.63, 3.8) is 0 Å². The van der Waals surface area contributed by atoms with E-state index in [1.165, 1.54) is 6.07 Å². The van der Waals surface area contributed by atoms with Gasteiger partial charge in [0.25, 0.3) is 5.91 Å². The predicted octanol–water partition coefficient (Wildman–Crippen LogP) is 3.12. The molecule has 7 heteroatoms. The Hall–Kier alpha value is -2.54. The van der Waals surface area contributed by atoms with Gasteiger partial charge in [0.2, 0.25) is 0 Å². The molecule has 0 spiro atoms. The highest BCUT2D eigenvalue weighted by molar-refractivity contribution is 5.96. The minimum Gasteiger partial charge on any atom is -0.487 e. The number of hydrogen-bond acceptors (Lipinski definition) is 4. The van der Waals surface area contributed by atoms with E-state index < -0.39 is 11.6 Å². The molecule has 2 aliphatic rings. The van der Waals surface area contributed by atoms with Gasteiger partial charge in [-0.05, 0) is 18.2 Å². The van der Waals surface area contributed by atoms with Crippen molar-refractivity contribution in [2.45, 2.75) is 31.9 Å². The van der Waals surface area contributed by atoms with Crippen LogP contribution in [0.25, 0.3) is 0 Å². The van der Waals surface area contributed by atoms with Gasteiger partial charge in [0.05, 0.1) is 24.5 Å². The standard InChI is InChI=1S/C20H20F2N2O3/c21-14-10-13(19(17(22)11-14)27-15-4-8-26-9-5-15)12-24-7-3-18-16(20(24)25)2-1-6-23-18/h1-2,6,10-11,15H,3-5,7-9,12H2. The maximum absolute atomic E-state index is 14.4. The summed E-state index contributed by atoms with van der Waals surface area (Å²) in [6, 6.07) is 5.49. The Morgan fingerprint density at radius 1 is 1.26 bits per heavy atom. The number of carbonyl (C=O) groups is 1. The number of hydrogen-bond donors (Lipinski definition) is 0. The largest absolute Gasteiger partial charge is 0.487 e. The third-order valence-corrected chi connectivity index (χ3v) is 4.93. The minimum atomic E-state index is -0.747. The lowest BCUT2D eigenvalue weighted by Gasteiger charge is -2.30. The van der Waals surface area contributed by atoms with Gasteiger partial charge in [-0.1, -0.05) is 0 Å². The van der Waals surface area contributed by atoms with E-state index in [4.69, 9.17) is 9.47 Å². The topological polar surface area (TPSA) is 51.7 Å². The smallest absolute Gasteiger partial charge is 0.256 e. The number of rotatable bonds is 4. The molecule has 0 saturated carbocycles. The van der Waals surface area contributed by atoms with Crippen LogP contribution in [0.5, 0.6) is 5.75 Å². The third-order valence-electron chi connectivity index (χ3n) is 4.93. The summed E-state index contributed by atoms with van der Waals surface area (Å²) in [5.74, 6) is -1.60. The summed E-state index contributed by atoms with van der Waals surface area (Å²) in [7, 11) is 0. The number of benzene rings is 1. The maximum atomic E-state index is 14.4. The molecular formula is C20H20F2N2O3. The first-order valence-corrected chi connectivity index (χ1v) is 9.07. The average molecular weight is 374 g/mol. The van der Waals surface area contributed by atoms with Gasteiger partial charge in [-0.3, -0.25) is 9.78 Å². The number of halogens is 2. The maximum Gasteiger partial charge on any atom is 0.256 e. The second-order valence-corrected chi connectivity index (χ2v) is 6.78. The molecule has 1 fully saturated rings. The molecule has 1 amide bonds. The molecule has 142 valence electrons. The zero-order valence-corrected chi connectivity index (χ0v) is 14.8. The summed E-state index contributed by atoms with van der Waals surface area (Å²) >= 11 is 0. The first-order chi connectivity index (χ1) is 13.1. The first kappa shape index (κ1) is 17.9. The van der Waals surface area contributed by atoms with E-state index in [1.54, 1.807) is 23.2 Å². The fraction of sp³-hybridized carbons (Fsp3) is 0.400. The van der Waals surface area contributed by atoms with Crippen molar-refractivity contribution in [3.05, 3.63) is 58.9 Å². The third kappa shape index (κ3) is 3.78. The summed E-state index contributed by atoms with van der Waals surface area (Å²) in [5, 5.41) is 0. The number of carbonyl (C=O) groups excluding carboxylic acids is 1. The highest BCUT2D eigenvalue weighted by Gasteiger charge is 2.27. The van der Waals surface area contributed by atoms with E-state index in [9.17, 15) is 13.6 Å². The molecule has 0 aliphatic carbocycles. The van der Waals surface area contributed by atoms with Crippen molar-refractivity contribution < 1.29 is 23.0 Å². The zero-order chi connectivity index (χ0) is 18.8. The molecule has 4 rings (SSSR count). The molecule has 1 aromatic carbocycles. The SMILES string of the molecule is O=C1c2cccnc2CCN1Cc1cc(F)cc(F)c1OC1CCOCC1. The van der Waals surface area contributed by atoms with Crippen molar-refractivity contribution in [1.29, 1.82) is 0 Å². The molecule has 0 radical (unpaired) electrons. The number of fused-ring (bicyclic) bond motifs is 1. The van der Waals surface area contributed by atoms with Gasteiger partial charge in [0, 0.05) is 50.2 Å². The van der Waals surface area contributed by atoms with Crippen molar-refractivity contribution >= 4 is 5.91 Å². The highest BCUT2D eigenvalue weighted by atomic mass is 19.1. The van der Waals surface area contributed by atoms with E-state index in [0.29, 0.717) is 50.1 Å². The van der Waals surface area contributed by atoms with Crippen LogP contribution in [0.3, 0.4) is 0 Å². The van der Waals surface area contributed by atoms with Crippen LogP contribution in [0.4, 0.5) is 8.78 Å². The van der Waals surface area contributed by atoms with Crippen LogP contribution in [0.15, 0.2) is 30.5 Å². The van der Waals surface area contributed by atoms with Crippen LogP contribution in [-0.4, -0.2) is 41.7 Å². The molecule has 1 saturated heterocycles. The Morgan fingerprint density at radius 2 is 2.07 bits per heavy atom. The fourth-order valence-corrected chi connectivity index (χ4v) is 3.52. The summed E-state index contributed by atoms with van der Waals surface area (Å²) in [6.45, 7) is 1.63. The normalized spacial score (nSPS) is 17.7. The Labute approximate surface area is 155 Å². The number of ether oxygens (including phenoxy) is 2. The number of nitrogens with zero attached hydrogens (tertiary/aromatic N) is 2. The molecule has 0 unspecified atom stereocenters. The Kier molecular flexibility index (Phi) is 5.03. The molecule has 5 nitrogen and oxygen atoms in total. The Balaban J connectivity index is 1.59. The van der Waals surface area contributed by atoms with E-state index in [2.05, 4.69) is 4.98 Å². The van der Waals surface area contributed by atoms with Gasteiger partial charge in [0.15, 0.2) is 11.6 Å². The molecule has 1 aromatic heterocycles. The Bertz CT molecular complexity index is 853. The van der Waals surface area contributed by atoms with Gasteiger partial charge in [0.1, 0.15) is 11.9 Å². The summed E-state index contributed by atoms with van der Waals surface area (Å²) in [4.78, 5) is 18.5. The van der Waals surface area contributed by atoms with Crippen LogP contribution in [0, 0.1) is 11.6 Å². The number of amides is 1. The van der Waals surface area contributed by atoms with Gasteiger partial charge in [-0.25, -0.2) is 8.78 Å². The molecule has 2 aromatic rings. The molecule has 0 bridgehead atoms. The highest BCUT2D eigenvalue weighted by Crippen LogP contribution is 2.30. The summed E-state index contributed by atoms with van der Waals surface area (Å²) in [5.41, 5.74) is 1.62. The lowest BCUT2D eigenvalue weighted by molar-refractivity contribution is 0.0232. The summed E-state index contributed by atoms with van der Waals surface area (Å²) in [6.07, 6.45) is 3.38. The second-order valence-electron chi connectivity index (χ2n) is 6.78. The molecular weight excluding hydrogens is 354 g/mol. The fourth-order valence-electron chi connectivity index (χ4n) is 3.52. The zero-order valence-electron chi connectivity index (χ0n) is 14.8. The molecule has 3 heterocycles. The second kappa shape index (κ2) is 7.60. The van der Waals surface area contributed by atoms with E-state index in [1.807, 2.05) is 0 Å². The van der Waals surface area contributed by atoms with E-state index >= 15 is 0 Å². The van der Waals surface area contributed by atoms with Crippen LogP contribution in [0.2, 0.25) is 0 Å². The first-order valence-electron chi connectivity index (χ1n) is 9.07. The van der Waals surface area contributed by atoms with E-state index in [-0.39, 0.29) is 24.3 Å². The van der Waals surface area contributed by atoms with Gasteiger partial charge < -0.3 is 14.4 Å². The number of pyridine rings is 1. The summed E-state index contributed by atoms with van der Waals surface area (Å²) < 4.78 is 39.4. The van der Waals surface area contributed by atoms with Crippen LogP contribution >= 0.6 is 0 Å². The van der Waals surface area contributed by atoms with Crippen molar-refractivity contribution in [1.82, 2.24) is 9.88 Å². The average Bonchev–Trinajstić information content (AvgIpc) is 2.68. The van der Waals surface area contributed by atoms with Crippen molar-refractivity contribution in [2.75, 3.05) is 19.8 Å². The van der Waals surface area contributed by atoms with Crippen LogP contribution < -0.4 is 4.74 Å². The Morgan fingerprint density at radius 3 is 2.89 bits per heavy atom.